The average molecular weight is 304 g/mol. The average Bonchev–Trinajstić information content (AvgIpc) is 2.36. The standard InChI is InChI=1S/C14H29N3S2/c1-5-15-13(16-8-6-7-10-18-4)17-9-11-19-14(2,3)12-17/h5-12H2,1-4H3,(H,15,16). The van der Waals surface area contributed by atoms with Gasteiger partial charge in [-0.3, -0.25) is 4.99 Å². The van der Waals surface area contributed by atoms with Crippen molar-refractivity contribution in [3.63, 3.8) is 0 Å². The third-order valence-electron chi connectivity index (χ3n) is 3.08. The molecule has 1 heterocycles. The van der Waals surface area contributed by atoms with E-state index >= 15 is 0 Å². The van der Waals surface area contributed by atoms with Crippen molar-refractivity contribution < 1.29 is 0 Å². The number of hydrogen-bond acceptors (Lipinski definition) is 3. The quantitative estimate of drug-likeness (QED) is 0.464. The van der Waals surface area contributed by atoms with Crippen molar-refractivity contribution in [3.8, 4) is 0 Å². The third-order valence-corrected chi connectivity index (χ3v) is 5.07. The second kappa shape index (κ2) is 9.01. The molecule has 0 aromatic rings. The largest absolute Gasteiger partial charge is 0.357 e. The van der Waals surface area contributed by atoms with Gasteiger partial charge in [0, 0.05) is 36.7 Å². The molecule has 1 N–H and O–H groups in total. The number of aliphatic imine (C=N–C) groups is 1. The molecule has 1 rings (SSSR count). The summed E-state index contributed by atoms with van der Waals surface area (Å²) in [6.45, 7) is 10.9. The van der Waals surface area contributed by atoms with E-state index in [9.17, 15) is 0 Å². The molecule has 0 aromatic heterocycles. The first-order chi connectivity index (χ1) is 9.09. The van der Waals surface area contributed by atoms with E-state index < -0.39 is 0 Å². The number of hydrogen-bond donors (Lipinski definition) is 1. The summed E-state index contributed by atoms with van der Waals surface area (Å²) >= 11 is 3.99. The SMILES string of the molecule is CCNC(=NCCCCSC)N1CCSC(C)(C)C1. The molecule has 0 atom stereocenters. The van der Waals surface area contributed by atoms with E-state index in [1.165, 1.54) is 24.3 Å². The smallest absolute Gasteiger partial charge is 0.193 e. The van der Waals surface area contributed by atoms with E-state index in [0.29, 0.717) is 4.75 Å². The fourth-order valence-electron chi connectivity index (χ4n) is 2.17. The summed E-state index contributed by atoms with van der Waals surface area (Å²) in [5.74, 6) is 3.56. The van der Waals surface area contributed by atoms with Crippen molar-refractivity contribution in [2.45, 2.75) is 38.4 Å². The van der Waals surface area contributed by atoms with E-state index in [1.807, 2.05) is 11.8 Å². The number of nitrogens with zero attached hydrogens (tertiary/aromatic N) is 2. The fourth-order valence-corrected chi connectivity index (χ4v) is 3.77. The number of rotatable bonds is 6. The van der Waals surface area contributed by atoms with Gasteiger partial charge < -0.3 is 10.2 Å². The Kier molecular flexibility index (Phi) is 8.07. The molecule has 0 aromatic carbocycles. The maximum atomic E-state index is 4.79. The van der Waals surface area contributed by atoms with Crippen LogP contribution in [0.5, 0.6) is 0 Å². The summed E-state index contributed by atoms with van der Waals surface area (Å²) in [5.41, 5.74) is 0. The molecule has 1 aliphatic rings. The van der Waals surface area contributed by atoms with Crippen LogP contribution in [0.2, 0.25) is 0 Å². The molecule has 0 aliphatic carbocycles. The molecule has 0 saturated carbocycles. The Bertz CT molecular complexity index is 280. The van der Waals surface area contributed by atoms with Gasteiger partial charge in [0.15, 0.2) is 5.96 Å². The number of thioether (sulfide) groups is 2. The molecule has 1 fully saturated rings. The van der Waals surface area contributed by atoms with Crippen molar-refractivity contribution in [1.82, 2.24) is 10.2 Å². The van der Waals surface area contributed by atoms with E-state index in [-0.39, 0.29) is 0 Å². The van der Waals surface area contributed by atoms with Crippen molar-refractivity contribution in [1.29, 1.82) is 0 Å². The Labute approximate surface area is 127 Å². The van der Waals surface area contributed by atoms with Crippen molar-refractivity contribution in [2.75, 3.05) is 43.9 Å². The Morgan fingerprint density at radius 2 is 2.21 bits per heavy atom. The highest BCUT2D eigenvalue weighted by Gasteiger charge is 2.28. The Hall–Kier alpha value is -0.0300. The zero-order valence-electron chi connectivity index (χ0n) is 12.9. The third kappa shape index (κ3) is 6.80. The maximum Gasteiger partial charge on any atom is 0.193 e. The van der Waals surface area contributed by atoms with Gasteiger partial charge in [0.05, 0.1) is 0 Å². The lowest BCUT2D eigenvalue weighted by Crippen LogP contribution is -2.51. The summed E-state index contributed by atoms with van der Waals surface area (Å²) in [6.07, 6.45) is 4.63. The van der Waals surface area contributed by atoms with E-state index in [1.54, 1.807) is 0 Å². The molecular weight excluding hydrogens is 274 g/mol. The van der Waals surface area contributed by atoms with Crippen LogP contribution in [0.25, 0.3) is 0 Å². The molecular formula is C14H29N3S2. The molecule has 112 valence electrons. The van der Waals surface area contributed by atoms with Gasteiger partial charge in [0.1, 0.15) is 0 Å². The lowest BCUT2D eigenvalue weighted by Gasteiger charge is -2.39. The number of guanidine groups is 1. The number of nitrogens with one attached hydrogen (secondary N) is 1. The second-order valence-electron chi connectivity index (χ2n) is 5.47. The summed E-state index contributed by atoms with van der Waals surface area (Å²) in [5, 5.41) is 3.44. The molecule has 0 unspecified atom stereocenters. The van der Waals surface area contributed by atoms with Gasteiger partial charge in [-0.1, -0.05) is 0 Å². The van der Waals surface area contributed by atoms with Gasteiger partial charge in [-0.05, 0) is 45.6 Å². The molecule has 3 nitrogen and oxygen atoms in total. The lowest BCUT2D eigenvalue weighted by atomic mass is 10.2. The molecule has 0 amide bonds. The molecule has 0 spiro atoms. The van der Waals surface area contributed by atoms with Crippen LogP contribution in [0.3, 0.4) is 0 Å². The minimum absolute atomic E-state index is 0.341. The topological polar surface area (TPSA) is 27.6 Å². The van der Waals surface area contributed by atoms with Crippen molar-refractivity contribution in [2.24, 2.45) is 4.99 Å². The van der Waals surface area contributed by atoms with Gasteiger partial charge in [-0.25, -0.2) is 0 Å². The van der Waals surface area contributed by atoms with Crippen molar-refractivity contribution >= 4 is 29.5 Å². The van der Waals surface area contributed by atoms with Crippen LogP contribution in [0.15, 0.2) is 4.99 Å². The molecule has 0 radical (unpaired) electrons. The molecule has 0 bridgehead atoms. The minimum Gasteiger partial charge on any atom is -0.357 e. The summed E-state index contributed by atoms with van der Waals surface area (Å²) < 4.78 is 0.341. The predicted molar refractivity (Wildman–Crippen MR) is 91.7 cm³/mol. The Balaban J connectivity index is 2.48. The van der Waals surface area contributed by atoms with Gasteiger partial charge in [-0.15, -0.1) is 0 Å². The molecule has 1 saturated heterocycles. The van der Waals surface area contributed by atoms with Crippen LogP contribution >= 0.6 is 23.5 Å². The first-order valence-electron chi connectivity index (χ1n) is 7.25. The normalized spacial score (nSPS) is 19.6. The lowest BCUT2D eigenvalue weighted by molar-refractivity contribution is 0.376. The van der Waals surface area contributed by atoms with Crippen molar-refractivity contribution in [3.05, 3.63) is 0 Å². The van der Waals surface area contributed by atoms with Crippen LogP contribution < -0.4 is 5.32 Å². The number of unbranched alkanes of at least 4 members (excludes halogenated alkanes) is 1. The minimum atomic E-state index is 0.341. The summed E-state index contributed by atoms with van der Waals surface area (Å²) in [4.78, 5) is 7.21. The molecule has 19 heavy (non-hydrogen) atoms. The van der Waals surface area contributed by atoms with Gasteiger partial charge in [-0.2, -0.15) is 23.5 Å². The monoisotopic (exact) mass is 303 g/mol. The first-order valence-corrected chi connectivity index (χ1v) is 9.63. The zero-order chi connectivity index (χ0) is 14.1. The first kappa shape index (κ1) is 17.0. The van der Waals surface area contributed by atoms with Gasteiger partial charge in [0.25, 0.3) is 0 Å². The van der Waals surface area contributed by atoms with Gasteiger partial charge >= 0.3 is 0 Å². The van der Waals surface area contributed by atoms with E-state index in [2.05, 4.69) is 49.0 Å². The van der Waals surface area contributed by atoms with Crippen LogP contribution in [-0.4, -0.2) is 59.5 Å². The summed E-state index contributed by atoms with van der Waals surface area (Å²) in [6, 6.07) is 0. The molecule has 1 aliphatic heterocycles. The predicted octanol–water partition coefficient (Wildman–Crippen LogP) is 2.92. The van der Waals surface area contributed by atoms with Crippen LogP contribution in [-0.2, 0) is 0 Å². The van der Waals surface area contributed by atoms with Crippen LogP contribution in [0, 0.1) is 0 Å². The van der Waals surface area contributed by atoms with Crippen LogP contribution in [0.1, 0.15) is 33.6 Å². The maximum absolute atomic E-state index is 4.79. The van der Waals surface area contributed by atoms with Crippen LogP contribution in [0.4, 0.5) is 0 Å². The zero-order valence-corrected chi connectivity index (χ0v) is 14.5. The molecule has 5 heteroatoms. The fraction of sp³-hybridized carbons (Fsp3) is 0.929. The summed E-state index contributed by atoms with van der Waals surface area (Å²) in [7, 11) is 0. The Morgan fingerprint density at radius 3 is 2.84 bits per heavy atom. The highest BCUT2D eigenvalue weighted by molar-refractivity contribution is 8.00. The second-order valence-corrected chi connectivity index (χ2v) is 8.25. The highest BCUT2D eigenvalue weighted by atomic mass is 32.2. The van der Waals surface area contributed by atoms with E-state index in [4.69, 9.17) is 4.99 Å². The highest BCUT2D eigenvalue weighted by Crippen LogP contribution is 2.29. The Morgan fingerprint density at radius 1 is 1.42 bits per heavy atom. The van der Waals surface area contributed by atoms with Gasteiger partial charge in [0.2, 0.25) is 0 Å². The van der Waals surface area contributed by atoms with E-state index in [0.717, 1.165) is 32.1 Å².